The van der Waals surface area contributed by atoms with E-state index in [1.54, 1.807) is 11.1 Å². The van der Waals surface area contributed by atoms with Crippen LogP contribution < -0.4 is 0 Å². The third-order valence-electron chi connectivity index (χ3n) is 3.56. The zero-order valence-electron chi connectivity index (χ0n) is 12.2. The van der Waals surface area contributed by atoms with Gasteiger partial charge in [0.25, 0.3) is 5.91 Å². The van der Waals surface area contributed by atoms with Crippen molar-refractivity contribution in [2.45, 2.75) is 6.54 Å². The van der Waals surface area contributed by atoms with Gasteiger partial charge in [0, 0.05) is 35.2 Å². The molecule has 2 aromatic carbocycles. The number of carbonyl (C=O) groups excluding carboxylic acids is 1. The molecule has 3 aromatic rings. The predicted octanol–water partition coefficient (Wildman–Crippen LogP) is 4.27. The van der Waals surface area contributed by atoms with Crippen molar-refractivity contribution in [1.82, 2.24) is 9.88 Å². The van der Waals surface area contributed by atoms with E-state index in [1.165, 1.54) is 0 Å². The maximum atomic E-state index is 12.7. The van der Waals surface area contributed by atoms with Gasteiger partial charge in [-0.3, -0.25) is 9.78 Å². The van der Waals surface area contributed by atoms with Crippen LogP contribution in [-0.2, 0) is 6.54 Å². The molecule has 0 aliphatic heterocycles. The third kappa shape index (κ3) is 3.02. The summed E-state index contributed by atoms with van der Waals surface area (Å²) in [5.74, 6) is 0.00141. The summed E-state index contributed by atoms with van der Waals surface area (Å²) in [5, 5.41) is 0.887. The lowest BCUT2D eigenvalue weighted by atomic mass is 10.1. The number of amides is 1. The van der Waals surface area contributed by atoms with Crippen LogP contribution in [0.3, 0.4) is 0 Å². The normalized spacial score (nSPS) is 10.6. The SMILES string of the molecule is CN(Cc1ccc(Br)cc1)C(=O)c1cccc2ncccc12. The van der Waals surface area contributed by atoms with Gasteiger partial charge in [-0.1, -0.05) is 40.2 Å². The molecule has 0 spiro atoms. The van der Waals surface area contributed by atoms with Crippen molar-refractivity contribution in [3.05, 3.63) is 76.4 Å². The molecule has 0 radical (unpaired) electrons. The monoisotopic (exact) mass is 354 g/mol. The topological polar surface area (TPSA) is 33.2 Å². The fraction of sp³-hybridized carbons (Fsp3) is 0.111. The number of rotatable bonds is 3. The second kappa shape index (κ2) is 6.28. The molecule has 0 atom stereocenters. The van der Waals surface area contributed by atoms with Crippen molar-refractivity contribution >= 4 is 32.7 Å². The molecule has 1 amide bonds. The Morgan fingerprint density at radius 3 is 2.64 bits per heavy atom. The van der Waals surface area contributed by atoms with Gasteiger partial charge in [-0.05, 0) is 35.9 Å². The molecular formula is C18H15BrN2O. The van der Waals surface area contributed by atoms with Crippen molar-refractivity contribution in [2.24, 2.45) is 0 Å². The molecule has 3 nitrogen and oxygen atoms in total. The van der Waals surface area contributed by atoms with Gasteiger partial charge in [0.2, 0.25) is 0 Å². The molecule has 0 aliphatic rings. The zero-order chi connectivity index (χ0) is 15.5. The lowest BCUT2D eigenvalue weighted by Gasteiger charge is -2.18. The van der Waals surface area contributed by atoms with E-state index in [1.807, 2.05) is 61.6 Å². The van der Waals surface area contributed by atoms with E-state index in [4.69, 9.17) is 0 Å². The van der Waals surface area contributed by atoms with E-state index in [-0.39, 0.29) is 5.91 Å². The fourth-order valence-corrected chi connectivity index (χ4v) is 2.70. The van der Waals surface area contributed by atoms with Gasteiger partial charge < -0.3 is 4.90 Å². The first-order valence-corrected chi connectivity index (χ1v) is 7.78. The molecule has 1 aromatic heterocycles. The maximum Gasteiger partial charge on any atom is 0.254 e. The average molecular weight is 355 g/mol. The highest BCUT2D eigenvalue weighted by atomic mass is 79.9. The highest BCUT2D eigenvalue weighted by Crippen LogP contribution is 2.19. The summed E-state index contributed by atoms with van der Waals surface area (Å²) in [6.45, 7) is 0.572. The molecule has 0 bridgehead atoms. The molecule has 110 valence electrons. The van der Waals surface area contributed by atoms with Crippen molar-refractivity contribution in [2.75, 3.05) is 7.05 Å². The molecule has 0 fully saturated rings. The lowest BCUT2D eigenvalue weighted by Crippen LogP contribution is -2.26. The first-order chi connectivity index (χ1) is 10.6. The summed E-state index contributed by atoms with van der Waals surface area (Å²) in [7, 11) is 1.82. The Morgan fingerprint density at radius 2 is 1.86 bits per heavy atom. The van der Waals surface area contributed by atoms with Crippen molar-refractivity contribution in [3.63, 3.8) is 0 Å². The second-order valence-electron chi connectivity index (χ2n) is 5.16. The number of pyridine rings is 1. The Hall–Kier alpha value is -2.20. The van der Waals surface area contributed by atoms with Crippen molar-refractivity contribution < 1.29 is 4.79 Å². The smallest absolute Gasteiger partial charge is 0.254 e. The minimum Gasteiger partial charge on any atom is -0.337 e. The number of aromatic nitrogens is 1. The van der Waals surface area contributed by atoms with Gasteiger partial charge in [0.15, 0.2) is 0 Å². The summed E-state index contributed by atoms with van der Waals surface area (Å²) in [6, 6.07) is 17.4. The molecule has 22 heavy (non-hydrogen) atoms. The summed E-state index contributed by atoms with van der Waals surface area (Å²) >= 11 is 3.42. The number of fused-ring (bicyclic) bond motifs is 1. The number of nitrogens with zero attached hydrogens (tertiary/aromatic N) is 2. The first kappa shape index (κ1) is 14.7. The van der Waals surface area contributed by atoms with Crippen LogP contribution in [-0.4, -0.2) is 22.8 Å². The second-order valence-corrected chi connectivity index (χ2v) is 6.08. The van der Waals surface area contributed by atoms with Gasteiger partial charge in [-0.25, -0.2) is 0 Å². The number of benzene rings is 2. The predicted molar refractivity (Wildman–Crippen MR) is 91.7 cm³/mol. The van der Waals surface area contributed by atoms with Gasteiger partial charge in [0.1, 0.15) is 0 Å². The molecule has 1 heterocycles. The highest BCUT2D eigenvalue weighted by Gasteiger charge is 2.15. The number of carbonyl (C=O) groups is 1. The average Bonchev–Trinajstić information content (AvgIpc) is 2.55. The summed E-state index contributed by atoms with van der Waals surface area (Å²) in [4.78, 5) is 18.7. The Bertz CT molecular complexity index is 809. The van der Waals surface area contributed by atoms with Crippen LogP contribution in [0.25, 0.3) is 10.9 Å². The quantitative estimate of drug-likeness (QED) is 0.703. The molecular weight excluding hydrogens is 340 g/mol. The van der Waals surface area contributed by atoms with Crippen LogP contribution in [0.15, 0.2) is 65.3 Å². The van der Waals surface area contributed by atoms with Crippen LogP contribution in [0.2, 0.25) is 0 Å². The minimum atomic E-state index is 0.00141. The Kier molecular flexibility index (Phi) is 4.20. The standard InChI is InChI=1S/C18H15BrN2O/c1-21(12-13-7-9-14(19)10-8-13)18(22)16-4-2-6-17-15(16)5-3-11-20-17/h2-11H,12H2,1H3. The molecule has 0 saturated carbocycles. The van der Waals surface area contributed by atoms with Gasteiger partial charge in [0.05, 0.1) is 5.52 Å². The van der Waals surface area contributed by atoms with Crippen LogP contribution in [0.5, 0.6) is 0 Å². The molecule has 3 rings (SSSR count). The van der Waals surface area contributed by atoms with Crippen molar-refractivity contribution in [3.8, 4) is 0 Å². The molecule has 0 saturated heterocycles. The fourth-order valence-electron chi connectivity index (χ4n) is 2.43. The molecule has 0 N–H and O–H groups in total. The van der Waals surface area contributed by atoms with Crippen LogP contribution in [0.4, 0.5) is 0 Å². The van der Waals surface area contributed by atoms with Crippen molar-refractivity contribution in [1.29, 1.82) is 0 Å². The number of hydrogen-bond donors (Lipinski definition) is 0. The lowest BCUT2D eigenvalue weighted by molar-refractivity contribution is 0.0787. The van der Waals surface area contributed by atoms with Gasteiger partial charge in [-0.15, -0.1) is 0 Å². The Morgan fingerprint density at radius 1 is 1.09 bits per heavy atom. The molecule has 4 heteroatoms. The van der Waals surface area contributed by atoms with E-state index in [0.717, 1.165) is 20.9 Å². The van der Waals surface area contributed by atoms with Crippen LogP contribution in [0, 0.1) is 0 Å². The number of halogens is 1. The van der Waals surface area contributed by atoms with Gasteiger partial charge >= 0.3 is 0 Å². The summed E-state index contributed by atoms with van der Waals surface area (Å²) in [5.41, 5.74) is 2.62. The third-order valence-corrected chi connectivity index (χ3v) is 4.08. The molecule has 0 unspecified atom stereocenters. The Balaban J connectivity index is 1.87. The largest absolute Gasteiger partial charge is 0.337 e. The van der Waals surface area contributed by atoms with Crippen LogP contribution >= 0.6 is 15.9 Å². The molecule has 0 aliphatic carbocycles. The summed E-state index contributed by atoms with van der Waals surface area (Å²) < 4.78 is 1.03. The highest BCUT2D eigenvalue weighted by molar-refractivity contribution is 9.10. The van der Waals surface area contributed by atoms with E-state index in [2.05, 4.69) is 20.9 Å². The van der Waals surface area contributed by atoms with E-state index >= 15 is 0 Å². The van der Waals surface area contributed by atoms with E-state index < -0.39 is 0 Å². The van der Waals surface area contributed by atoms with E-state index in [0.29, 0.717) is 12.1 Å². The first-order valence-electron chi connectivity index (χ1n) is 6.99. The number of hydrogen-bond acceptors (Lipinski definition) is 2. The van der Waals surface area contributed by atoms with E-state index in [9.17, 15) is 4.79 Å². The van der Waals surface area contributed by atoms with Gasteiger partial charge in [-0.2, -0.15) is 0 Å². The maximum absolute atomic E-state index is 12.7. The zero-order valence-corrected chi connectivity index (χ0v) is 13.7. The summed E-state index contributed by atoms with van der Waals surface area (Å²) in [6.07, 6.45) is 1.74. The minimum absolute atomic E-state index is 0.00141. The Labute approximate surface area is 137 Å². The van der Waals surface area contributed by atoms with Crippen LogP contribution in [0.1, 0.15) is 15.9 Å².